The summed E-state index contributed by atoms with van der Waals surface area (Å²) >= 11 is 0. The number of nitrogens with zero attached hydrogens (tertiary/aromatic N) is 5. The predicted octanol–water partition coefficient (Wildman–Crippen LogP) is 3.05. The molecule has 0 amide bonds. The van der Waals surface area contributed by atoms with Crippen LogP contribution in [0.4, 0.5) is 5.82 Å². The molecule has 1 aromatic carbocycles. The van der Waals surface area contributed by atoms with Crippen LogP contribution in [0.25, 0.3) is 0 Å². The topological polar surface area (TPSA) is 55.6 Å². The summed E-state index contributed by atoms with van der Waals surface area (Å²) in [5.74, 6) is 1.42. The van der Waals surface area contributed by atoms with Gasteiger partial charge in [-0.15, -0.1) is 0 Å². The van der Waals surface area contributed by atoms with Crippen molar-refractivity contribution in [3.63, 3.8) is 0 Å². The number of likely N-dealkylation sites (tertiary alicyclic amines) is 1. The predicted molar refractivity (Wildman–Crippen MR) is 119 cm³/mol. The van der Waals surface area contributed by atoms with Crippen LogP contribution in [0.5, 0.6) is 5.88 Å². The summed E-state index contributed by atoms with van der Waals surface area (Å²) in [7, 11) is 6.16. The zero-order chi connectivity index (χ0) is 21.1. The minimum absolute atomic E-state index is 0.395. The van der Waals surface area contributed by atoms with Gasteiger partial charge >= 0.3 is 0 Å². The molecule has 1 atom stereocenters. The molecule has 6 nitrogen and oxygen atoms in total. The molecule has 0 N–H and O–H groups in total. The summed E-state index contributed by atoms with van der Waals surface area (Å²) in [6.45, 7) is 4.28. The van der Waals surface area contributed by atoms with Crippen LogP contribution in [0.15, 0.2) is 30.3 Å². The summed E-state index contributed by atoms with van der Waals surface area (Å²) in [6.07, 6.45) is 3.22. The van der Waals surface area contributed by atoms with Crippen LogP contribution in [-0.2, 0) is 19.5 Å². The SMILES string of the molecule is CN(C)c1nc(OC[C@@H]2CCCN2C)c(C#N)c2c1CCN(Cc1ccccc1)C2. The zero-order valence-corrected chi connectivity index (χ0v) is 18.3. The highest BCUT2D eigenvalue weighted by molar-refractivity contribution is 5.60. The third kappa shape index (κ3) is 4.28. The molecule has 2 aliphatic rings. The molecule has 0 bridgehead atoms. The molecule has 1 aromatic heterocycles. The van der Waals surface area contributed by atoms with Crippen LogP contribution in [0.3, 0.4) is 0 Å². The van der Waals surface area contributed by atoms with E-state index in [1.165, 1.54) is 17.5 Å². The molecule has 0 aliphatic carbocycles. The largest absolute Gasteiger partial charge is 0.475 e. The second-order valence-corrected chi connectivity index (χ2v) is 8.61. The second-order valence-electron chi connectivity index (χ2n) is 8.61. The Bertz CT molecular complexity index is 921. The molecule has 1 saturated heterocycles. The van der Waals surface area contributed by atoms with E-state index >= 15 is 0 Å². The lowest BCUT2D eigenvalue weighted by molar-refractivity contribution is 0.192. The van der Waals surface area contributed by atoms with E-state index in [9.17, 15) is 5.26 Å². The minimum Gasteiger partial charge on any atom is -0.475 e. The average molecular weight is 406 g/mol. The minimum atomic E-state index is 0.395. The summed E-state index contributed by atoms with van der Waals surface area (Å²) in [5, 5.41) is 10.0. The second kappa shape index (κ2) is 9.03. The highest BCUT2D eigenvalue weighted by Crippen LogP contribution is 2.34. The van der Waals surface area contributed by atoms with Gasteiger partial charge in [0.05, 0.1) is 0 Å². The lowest BCUT2D eigenvalue weighted by atomic mass is 9.95. The number of hydrogen-bond donors (Lipinski definition) is 0. The molecule has 2 aliphatic heterocycles. The van der Waals surface area contributed by atoms with Crippen molar-refractivity contribution in [2.45, 2.75) is 38.4 Å². The van der Waals surface area contributed by atoms with Gasteiger partial charge in [0.15, 0.2) is 0 Å². The number of fused-ring (bicyclic) bond motifs is 1. The monoisotopic (exact) mass is 405 g/mol. The normalized spacial score (nSPS) is 19.3. The maximum atomic E-state index is 10.0. The standard InChI is InChI=1S/C24H31N5O/c1-27(2)23-20-11-13-29(15-18-8-5-4-6-9-18)16-22(20)21(14-25)24(26-23)30-17-19-10-7-12-28(19)3/h4-6,8-9,19H,7,10-13,15-17H2,1-3H3/t19-/m0/s1. The van der Waals surface area contributed by atoms with Crippen molar-refractivity contribution in [3.8, 4) is 11.9 Å². The van der Waals surface area contributed by atoms with E-state index in [0.29, 0.717) is 24.1 Å². The summed E-state index contributed by atoms with van der Waals surface area (Å²) in [4.78, 5) is 11.6. The van der Waals surface area contributed by atoms with E-state index in [2.05, 4.69) is 47.2 Å². The first-order chi connectivity index (χ1) is 14.6. The van der Waals surface area contributed by atoms with Gasteiger partial charge in [-0.25, -0.2) is 0 Å². The molecule has 0 unspecified atom stereocenters. The maximum Gasteiger partial charge on any atom is 0.234 e. The first-order valence-corrected chi connectivity index (χ1v) is 10.8. The van der Waals surface area contributed by atoms with E-state index in [-0.39, 0.29) is 0 Å². The van der Waals surface area contributed by atoms with Crippen molar-refractivity contribution in [3.05, 3.63) is 52.6 Å². The smallest absolute Gasteiger partial charge is 0.234 e. The Hall–Kier alpha value is -2.62. The Labute approximate surface area is 179 Å². The molecule has 0 saturated carbocycles. The fourth-order valence-electron chi connectivity index (χ4n) is 4.58. The summed E-state index contributed by atoms with van der Waals surface area (Å²) < 4.78 is 6.17. The quantitative estimate of drug-likeness (QED) is 0.736. The van der Waals surface area contributed by atoms with Crippen molar-refractivity contribution >= 4 is 5.82 Å². The van der Waals surface area contributed by atoms with Gasteiger partial charge in [-0.3, -0.25) is 4.90 Å². The number of nitriles is 1. The lowest BCUT2D eigenvalue weighted by Crippen LogP contribution is -2.33. The van der Waals surface area contributed by atoms with Crippen LogP contribution >= 0.6 is 0 Å². The van der Waals surface area contributed by atoms with Crippen molar-refractivity contribution in [1.82, 2.24) is 14.8 Å². The average Bonchev–Trinajstić information content (AvgIpc) is 3.16. The first kappa shape index (κ1) is 20.6. The molecule has 158 valence electrons. The molecular weight excluding hydrogens is 374 g/mol. The van der Waals surface area contributed by atoms with Gasteiger partial charge in [-0.1, -0.05) is 30.3 Å². The third-order valence-electron chi connectivity index (χ3n) is 6.29. The van der Waals surface area contributed by atoms with Gasteiger partial charge in [-0.2, -0.15) is 10.2 Å². The number of anilines is 1. The fraction of sp³-hybridized carbons (Fsp3) is 0.500. The molecule has 1 fully saturated rings. The number of ether oxygens (including phenoxy) is 1. The summed E-state index contributed by atoms with van der Waals surface area (Å²) in [6, 6.07) is 13.3. The van der Waals surface area contributed by atoms with Crippen LogP contribution in [0.1, 0.15) is 35.1 Å². The molecular formula is C24H31N5O. The van der Waals surface area contributed by atoms with Crippen LogP contribution in [-0.4, -0.2) is 61.7 Å². The Morgan fingerprint density at radius 3 is 2.67 bits per heavy atom. The van der Waals surface area contributed by atoms with Gasteiger partial charge in [-0.05, 0) is 44.0 Å². The molecule has 4 rings (SSSR count). The Morgan fingerprint density at radius 1 is 1.20 bits per heavy atom. The molecule has 6 heteroatoms. The van der Waals surface area contributed by atoms with Crippen LogP contribution < -0.4 is 9.64 Å². The Balaban J connectivity index is 1.62. The van der Waals surface area contributed by atoms with E-state index in [0.717, 1.165) is 50.4 Å². The van der Waals surface area contributed by atoms with Gasteiger partial charge in [0, 0.05) is 45.3 Å². The maximum absolute atomic E-state index is 10.0. The number of benzene rings is 1. The number of rotatable bonds is 6. The molecule has 30 heavy (non-hydrogen) atoms. The van der Waals surface area contributed by atoms with Gasteiger partial charge < -0.3 is 14.5 Å². The highest BCUT2D eigenvalue weighted by Gasteiger charge is 2.28. The zero-order valence-electron chi connectivity index (χ0n) is 18.3. The number of hydrogen-bond acceptors (Lipinski definition) is 6. The summed E-state index contributed by atoms with van der Waals surface area (Å²) in [5.41, 5.74) is 4.16. The van der Waals surface area contributed by atoms with Crippen LogP contribution in [0, 0.1) is 11.3 Å². The highest BCUT2D eigenvalue weighted by atomic mass is 16.5. The Kier molecular flexibility index (Phi) is 6.21. The molecule has 2 aromatic rings. The van der Waals surface area contributed by atoms with Crippen molar-refractivity contribution in [2.24, 2.45) is 0 Å². The van der Waals surface area contributed by atoms with E-state index in [1.807, 2.05) is 25.1 Å². The van der Waals surface area contributed by atoms with Crippen molar-refractivity contribution in [1.29, 1.82) is 5.26 Å². The molecule has 3 heterocycles. The van der Waals surface area contributed by atoms with Gasteiger partial charge in [0.25, 0.3) is 0 Å². The fourth-order valence-corrected chi connectivity index (χ4v) is 4.58. The van der Waals surface area contributed by atoms with E-state index in [1.54, 1.807) is 0 Å². The van der Waals surface area contributed by atoms with E-state index in [4.69, 9.17) is 9.72 Å². The first-order valence-electron chi connectivity index (χ1n) is 10.8. The lowest BCUT2D eigenvalue weighted by Gasteiger charge is -2.32. The van der Waals surface area contributed by atoms with Crippen molar-refractivity contribution in [2.75, 3.05) is 45.7 Å². The van der Waals surface area contributed by atoms with E-state index < -0.39 is 0 Å². The molecule has 0 spiro atoms. The molecule has 0 radical (unpaired) electrons. The Morgan fingerprint density at radius 2 is 2.00 bits per heavy atom. The number of pyridine rings is 1. The van der Waals surface area contributed by atoms with Crippen molar-refractivity contribution < 1.29 is 4.74 Å². The van der Waals surface area contributed by atoms with Gasteiger partial charge in [0.2, 0.25) is 5.88 Å². The van der Waals surface area contributed by atoms with Crippen LogP contribution in [0.2, 0.25) is 0 Å². The van der Waals surface area contributed by atoms with Gasteiger partial charge in [0.1, 0.15) is 24.1 Å². The number of aromatic nitrogens is 1. The number of likely N-dealkylation sites (N-methyl/N-ethyl adjacent to an activating group) is 1. The third-order valence-corrected chi connectivity index (χ3v) is 6.29.